The molecule has 0 heterocycles. The highest BCUT2D eigenvalue weighted by atomic mass is 16.6. The molecular weight excluding hydrogens is 338 g/mol. The van der Waals surface area contributed by atoms with Gasteiger partial charge in [0, 0.05) is 19.3 Å². The smallest absolute Gasteiger partial charge is 0.306 e. The van der Waals surface area contributed by atoms with E-state index in [9.17, 15) is 19.5 Å². The quantitative estimate of drug-likeness (QED) is 0.216. The zero-order valence-electron chi connectivity index (χ0n) is 16.0. The number of unbranched alkanes of at least 4 members (excludes halogenated alkanes) is 5. The van der Waals surface area contributed by atoms with Gasteiger partial charge in [0.2, 0.25) is 0 Å². The van der Waals surface area contributed by atoms with Gasteiger partial charge >= 0.3 is 11.9 Å². The fraction of sp³-hybridized carbons (Fsp3) is 0.842. The standard InChI is InChI=1S/C19H35NO6/c1-2-3-4-5-6-10-18(23)25-16-17(15-22)26-19(24)11-9-13-20-12-7-8-14-21/h14,17,20,22H,2-13,15-16H2,1H3. The van der Waals surface area contributed by atoms with Crippen LogP contribution in [0.3, 0.4) is 0 Å². The van der Waals surface area contributed by atoms with E-state index in [0.717, 1.165) is 44.9 Å². The van der Waals surface area contributed by atoms with Crippen molar-refractivity contribution in [3.63, 3.8) is 0 Å². The van der Waals surface area contributed by atoms with Crippen molar-refractivity contribution in [2.24, 2.45) is 0 Å². The minimum Gasteiger partial charge on any atom is -0.462 e. The van der Waals surface area contributed by atoms with Crippen LogP contribution in [0.2, 0.25) is 0 Å². The van der Waals surface area contributed by atoms with Crippen molar-refractivity contribution in [1.82, 2.24) is 5.32 Å². The molecule has 0 aliphatic carbocycles. The molecule has 0 aliphatic rings. The molecule has 0 amide bonds. The summed E-state index contributed by atoms with van der Waals surface area (Å²) in [5.41, 5.74) is 0. The highest BCUT2D eigenvalue weighted by Gasteiger charge is 2.15. The van der Waals surface area contributed by atoms with Crippen LogP contribution in [0, 0.1) is 0 Å². The predicted octanol–water partition coefficient (Wildman–Crippen LogP) is 2.14. The number of hydrogen-bond donors (Lipinski definition) is 2. The summed E-state index contributed by atoms with van der Waals surface area (Å²) in [6.07, 6.45) is 7.81. The van der Waals surface area contributed by atoms with E-state index in [1.807, 2.05) is 0 Å². The van der Waals surface area contributed by atoms with Gasteiger partial charge in [0.1, 0.15) is 12.9 Å². The molecule has 1 unspecified atom stereocenters. The predicted molar refractivity (Wildman–Crippen MR) is 98.7 cm³/mol. The zero-order chi connectivity index (χ0) is 19.5. The Bertz CT molecular complexity index is 375. The number of aliphatic hydroxyl groups excluding tert-OH is 1. The monoisotopic (exact) mass is 373 g/mol. The van der Waals surface area contributed by atoms with E-state index in [-0.39, 0.29) is 25.6 Å². The number of esters is 2. The second kappa shape index (κ2) is 18.3. The van der Waals surface area contributed by atoms with Crippen molar-refractivity contribution in [2.75, 3.05) is 26.3 Å². The topological polar surface area (TPSA) is 102 Å². The Morgan fingerprint density at radius 3 is 2.38 bits per heavy atom. The van der Waals surface area contributed by atoms with Crippen LogP contribution in [0.5, 0.6) is 0 Å². The molecule has 0 saturated heterocycles. The van der Waals surface area contributed by atoms with Crippen LogP contribution in [0.15, 0.2) is 0 Å². The number of aldehydes is 1. The first-order valence-electron chi connectivity index (χ1n) is 9.74. The Kier molecular flexibility index (Phi) is 17.3. The molecule has 0 aromatic heterocycles. The Hall–Kier alpha value is -1.47. The van der Waals surface area contributed by atoms with Gasteiger partial charge in [-0.1, -0.05) is 32.6 Å². The Morgan fingerprint density at radius 1 is 1.00 bits per heavy atom. The molecule has 152 valence electrons. The van der Waals surface area contributed by atoms with Gasteiger partial charge in [-0.05, 0) is 32.4 Å². The summed E-state index contributed by atoms with van der Waals surface area (Å²) in [6, 6.07) is 0. The number of ether oxygens (including phenoxy) is 2. The summed E-state index contributed by atoms with van der Waals surface area (Å²) in [5.74, 6) is -0.745. The minimum absolute atomic E-state index is 0.111. The van der Waals surface area contributed by atoms with Crippen LogP contribution in [0.4, 0.5) is 0 Å². The lowest BCUT2D eigenvalue weighted by Crippen LogP contribution is -2.29. The summed E-state index contributed by atoms with van der Waals surface area (Å²) >= 11 is 0. The molecule has 0 spiro atoms. The molecular formula is C19H35NO6. The van der Waals surface area contributed by atoms with E-state index < -0.39 is 12.1 Å². The van der Waals surface area contributed by atoms with Crippen molar-refractivity contribution in [1.29, 1.82) is 0 Å². The van der Waals surface area contributed by atoms with Crippen molar-refractivity contribution < 1.29 is 29.0 Å². The van der Waals surface area contributed by atoms with Gasteiger partial charge in [0.15, 0.2) is 6.10 Å². The van der Waals surface area contributed by atoms with Crippen LogP contribution in [-0.4, -0.2) is 55.7 Å². The maximum Gasteiger partial charge on any atom is 0.306 e. The molecule has 26 heavy (non-hydrogen) atoms. The van der Waals surface area contributed by atoms with Gasteiger partial charge in [-0.15, -0.1) is 0 Å². The van der Waals surface area contributed by atoms with E-state index in [0.29, 0.717) is 25.8 Å². The Labute approximate surface area is 156 Å². The fourth-order valence-corrected chi connectivity index (χ4v) is 2.29. The second-order valence-electron chi connectivity index (χ2n) is 6.30. The fourth-order valence-electron chi connectivity index (χ4n) is 2.29. The molecule has 0 rings (SSSR count). The SMILES string of the molecule is CCCCCCCC(=O)OCC(CO)OC(=O)CCCNCCCC=O. The molecule has 0 bridgehead atoms. The molecule has 7 nitrogen and oxygen atoms in total. The van der Waals surface area contributed by atoms with Gasteiger partial charge in [0.25, 0.3) is 0 Å². The van der Waals surface area contributed by atoms with Crippen LogP contribution in [0.25, 0.3) is 0 Å². The maximum absolute atomic E-state index is 11.7. The Balaban J connectivity index is 3.71. The number of carbonyl (C=O) groups is 3. The summed E-state index contributed by atoms with van der Waals surface area (Å²) in [4.78, 5) is 33.5. The number of carbonyl (C=O) groups excluding carboxylic acids is 3. The number of rotatable bonds is 18. The van der Waals surface area contributed by atoms with Crippen LogP contribution < -0.4 is 5.32 Å². The maximum atomic E-state index is 11.7. The molecule has 2 N–H and O–H groups in total. The summed E-state index contributed by atoms with van der Waals surface area (Å²) in [5, 5.41) is 12.4. The normalized spacial score (nSPS) is 11.8. The molecule has 0 aromatic carbocycles. The summed E-state index contributed by atoms with van der Waals surface area (Å²) in [7, 11) is 0. The third kappa shape index (κ3) is 16.0. The number of hydrogen-bond acceptors (Lipinski definition) is 7. The number of nitrogens with one attached hydrogen (secondary N) is 1. The molecule has 7 heteroatoms. The van der Waals surface area contributed by atoms with E-state index in [1.165, 1.54) is 6.42 Å². The lowest BCUT2D eigenvalue weighted by molar-refractivity contribution is -0.161. The average Bonchev–Trinajstić information content (AvgIpc) is 2.64. The van der Waals surface area contributed by atoms with Crippen molar-refractivity contribution >= 4 is 18.2 Å². The lowest BCUT2D eigenvalue weighted by Gasteiger charge is -2.15. The Morgan fingerprint density at radius 2 is 1.69 bits per heavy atom. The highest BCUT2D eigenvalue weighted by Crippen LogP contribution is 2.06. The van der Waals surface area contributed by atoms with E-state index in [2.05, 4.69) is 12.2 Å². The number of aliphatic hydroxyl groups is 1. The average molecular weight is 373 g/mol. The first kappa shape index (κ1) is 24.5. The second-order valence-corrected chi connectivity index (χ2v) is 6.30. The van der Waals surface area contributed by atoms with Crippen molar-refractivity contribution in [3.8, 4) is 0 Å². The van der Waals surface area contributed by atoms with Crippen LogP contribution >= 0.6 is 0 Å². The zero-order valence-corrected chi connectivity index (χ0v) is 16.0. The van der Waals surface area contributed by atoms with Crippen LogP contribution in [-0.2, 0) is 23.9 Å². The lowest BCUT2D eigenvalue weighted by atomic mass is 10.1. The first-order valence-corrected chi connectivity index (χ1v) is 9.74. The molecule has 0 saturated carbocycles. The van der Waals surface area contributed by atoms with Gasteiger partial charge in [-0.25, -0.2) is 0 Å². The van der Waals surface area contributed by atoms with Gasteiger partial charge < -0.3 is 24.7 Å². The largest absolute Gasteiger partial charge is 0.462 e. The first-order chi connectivity index (χ1) is 12.6. The highest BCUT2D eigenvalue weighted by molar-refractivity contribution is 5.70. The van der Waals surface area contributed by atoms with E-state index in [1.54, 1.807) is 0 Å². The van der Waals surface area contributed by atoms with Crippen molar-refractivity contribution in [3.05, 3.63) is 0 Å². The molecule has 1 atom stereocenters. The van der Waals surface area contributed by atoms with E-state index in [4.69, 9.17) is 9.47 Å². The molecule has 0 radical (unpaired) electrons. The molecule has 0 fully saturated rings. The van der Waals surface area contributed by atoms with Gasteiger partial charge in [-0.3, -0.25) is 9.59 Å². The van der Waals surface area contributed by atoms with Crippen molar-refractivity contribution in [2.45, 2.75) is 77.2 Å². The summed E-state index contributed by atoms with van der Waals surface area (Å²) < 4.78 is 10.2. The minimum atomic E-state index is -0.813. The third-order valence-electron chi connectivity index (χ3n) is 3.83. The molecule has 0 aliphatic heterocycles. The molecule has 0 aromatic rings. The van der Waals surface area contributed by atoms with E-state index >= 15 is 0 Å². The van der Waals surface area contributed by atoms with Gasteiger partial charge in [-0.2, -0.15) is 0 Å². The van der Waals surface area contributed by atoms with Gasteiger partial charge in [0.05, 0.1) is 6.61 Å². The summed E-state index contributed by atoms with van der Waals surface area (Å²) in [6.45, 7) is 3.04. The van der Waals surface area contributed by atoms with Crippen LogP contribution in [0.1, 0.15) is 71.1 Å². The third-order valence-corrected chi connectivity index (χ3v) is 3.83.